The Bertz CT molecular complexity index is 1780. The molecule has 186 valence electrons. The summed E-state index contributed by atoms with van der Waals surface area (Å²) >= 11 is 1.84. The van der Waals surface area contributed by atoms with Crippen molar-refractivity contribution in [1.29, 1.82) is 0 Å². The summed E-state index contributed by atoms with van der Waals surface area (Å²) in [5.41, 5.74) is 7.17. The van der Waals surface area contributed by atoms with Gasteiger partial charge in [-0.3, -0.25) is 4.98 Å². The zero-order valence-electron chi connectivity index (χ0n) is 22.5. The van der Waals surface area contributed by atoms with Gasteiger partial charge in [-0.1, -0.05) is 58.9 Å². The van der Waals surface area contributed by atoms with Gasteiger partial charge >= 0.3 is 0 Å². The largest absolute Gasteiger partial charge is 0.461 e. The summed E-state index contributed by atoms with van der Waals surface area (Å²) in [6.07, 6.45) is 2.98. The first kappa shape index (κ1) is 23.9. The number of rotatable bonds is 4. The molecule has 0 fully saturated rings. The second-order valence-electron chi connectivity index (χ2n) is 11.6. The third kappa shape index (κ3) is 4.26. The number of hydrogen-bond donors (Lipinski definition) is 0. The lowest BCUT2D eigenvalue weighted by Gasteiger charge is -2.22. The maximum Gasteiger partial charge on any atom is 0.134 e. The van der Waals surface area contributed by atoms with Crippen molar-refractivity contribution in [3.05, 3.63) is 89.8 Å². The number of pyridine rings is 1. The van der Waals surface area contributed by atoms with Gasteiger partial charge in [0.15, 0.2) is 0 Å². The van der Waals surface area contributed by atoms with E-state index in [9.17, 15) is 0 Å². The second-order valence-corrected chi connectivity index (χ2v) is 12.7. The Labute approximate surface area is 223 Å². The molecule has 3 aromatic heterocycles. The molecule has 0 atom stereocenters. The lowest BCUT2D eigenvalue weighted by Crippen LogP contribution is -2.12. The summed E-state index contributed by atoms with van der Waals surface area (Å²) in [6, 6.07) is 24.4. The Hall–Kier alpha value is -3.43. The molecule has 3 aromatic carbocycles. The lowest BCUT2D eigenvalue weighted by atomic mass is 9.82. The van der Waals surface area contributed by atoms with Crippen molar-refractivity contribution in [3.8, 4) is 21.7 Å². The van der Waals surface area contributed by atoms with Crippen LogP contribution in [0.3, 0.4) is 0 Å². The minimum Gasteiger partial charge on any atom is -0.461 e. The quantitative estimate of drug-likeness (QED) is 0.239. The smallest absolute Gasteiger partial charge is 0.134 e. The molecule has 0 unspecified atom stereocenters. The summed E-state index contributed by atoms with van der Waals surface area (Å²) in [5.74, 6) is 1.62. The number of thiophene rings is 1. The van der Waals surface area contributed by atoms with Crippen LogP contribution in [-0.4, -0.2) is 4.98 Å². The highest BCUT2D eigenvalue weighted by Gasteiger charge is 2.20. The summed E-state index contributed by atoms with van der Waals surface area (Å²) in [7, 11) is 0. The van der Waals surface area contributed by atoms with Crippen LogP contribution in [0.4, 0.5) is 0 Å². The second kappa shape index (κ2) is 8.85. The van der Waals surface area contributed by atoms with Gasteiger partial charge in [0.2, 0.25) is 0 Å². The van der Waals surface area contributed by atoms with E-state index < -0.39 is 0 Å². The first-order valence-electron chi connectivity index (χ1n) is 13.1. The van der Waals surface area contributed by atoms with Crippen molar-refractivity contribution in [2.24, 2.45) is 5.92 Å². The predicted molar refractivity (Wildman–Crippen MR) is 160 cm³/mol. The van der Waals surface area contributed by atoms with Crippen LogP contribution in [0.1, 0.15) is 51.5 Å². The van der Waals surface area contributed by atoms with Gasteiger partial charge in [0.1, 0.15) is 11.3 Å². The van der Waals surface area contributed by atoms with Gasteiger partial charge < -0.3 is 4.42 Å². The molecule has 0 saturated heterocycles. The summed E-state index contributed by atoms with van der Waals surface area (Å²) < 4.78 is 7.35. The Morgan fingerprint density at radius 1 is 0.865 bits per heavy atom. The van der Waals surface area contributed by atoms with Crippen molar-refractivity contribution in [1.82, 2.24) is 4.98 Å². The van der Waals surface area contributed by atoms with Gasteiger partial charge in [0.05, 0.1) is 5.69 Å². The maximum absolute atomic E-state index is 6.09. The van der Waals surface area contributed by atoms with Crippen LogP contribution in [0.2, 0.25) is 0 Å². The molecule has 3 heteroatoms. The molecule has 6 rings (SSSR count). The molecule has 0 N–H and O–H groups in total. The van der Waals surface area contributed by atoms with Gasteiger partial charge in [-0.15, -0.1) is 11.3 Å². The summed E-state index contributed by atoms with van der Waals surface area (Å²) in [6.45, 7) is 13.5. The molecule has 2 nitrogen and oxygen atoms in total. The third-order valence-corrected chi connectivity index (χ3v) is 8.43. The van der Waals surface area contributed by atoms with Crippen LogP contribution in [-0.2, 0) is 11.8 Å². The normalized spacial score (nSPS) is 12.4. The molecular weight excluding hydrogens is 470 g/mol. The molecule has 0 aliphatic rings. The standard InChI is InChI=1S/C34H33NOS/c1-20(2)15-26-21(3)36-30-12-11-23(17-27(26)30)32-19-28-31(37-32)13-14-35-33(28)24-16-22-9-7-8-10-25(22)29(18-24)34(4,5)6/h7-14,16-20H,15H2,1-6H3. The number of aromatic nitrogens is 1. The molecule has 3 heterocycles. The Balaban J connectivity index is 1.51. The van der Waals surface area contributed by atoms with E-state index in [1.165, 1.54) is 53.4 Å². The van der Waals surface area contributed by atoms with Crippen molar-refractivity contribution in [2.75, 3.05) is 0 Å². The van der Waals surface area contributed by atoms with Crippen LogP contribution in [0.5, 0.6) is 0 Å². The van der Waals surface area contributed by atoms with Crippen molar-refractivity contribution < 1.29 is 4.42 Å². The van der Waals surface area contributed by atoms with E-state index in [-0.39, 0.29) is 5.41 Å². The molecule has 0 saturated carbocycles. The van der Waals surface area contributed by atoms with E-state index in [4.69, 9.17) is 9.40 Å². The zero-order chi connectivity index (χ0) is 25.9. The molecule has 37 heavy (non-hydrogen) atoms. The van der Waals surface area contributed by atoms with E-state index >= 15 is 0 Å². The lowest BCUT2D eigenvalue weighted by molar-refractivity contribution is 0.560. The highest BCUT2D eigenvalue weighted by molar-refractivity contribution is 7.22. The fourth-order valence-electron chi connectivity index (χ4n) is 5.49. The zero-order valence-corrected chi connectivity index (χ0v) is 23.3. The number of aryl methyl sites for hydroxylation is 1. The molecule has 0 amide bonds. The van der Waals surface area contributed by atoms with Gasteiger partial charge in [0.25, 0.3) is 0 Å². The molecule has 0 aliphatic carbocycles. The Morgan fingerprint density at radius 3 is 2.46 bits per heavy atom. The SMILES string of the molecule is Cc1oc2ccc(-c3cc4c(-c5cc(C(C)(C)C)c6ccccc6c5)nccc4s3)cc2c1CC(C)C. The Kier molecular flexibility index (Phi) is 5.72. The highest BCUT2D eigenvalue weighted by Crippen LogP contribution is 2.41. The van der Waals surface area contributed by atoms with E-state index in [0.717, 1.165) is 23.5 Å². The maximum atomic E-state index is 6.09. The van der Waals surface area contributed by atoms with Crippen molar-refractivity contribution in [3.63, 3.8) is 0 Å². The Morgan fingerprint density at radius 2 is 1.68 bits per heavy atom. The van der Waals surface area contributed by atoms with E-state index in [1.807, 2.05) is 17.5 Å². The van der Waals surface area contributed by atoms with Gasteiger partial charge in [-0.25, -0.2) is 0 Å². The number of nitrogens with zero attached hydrogens (tertiary/aromatic N) is 1. The van der Waals surface area contributed by atoms with Crippen molar-refractivity contribution in [2.45, 2.75) is 53.4 Å². The number of furan rings is 1. The van der Waals surface area contributed by atoms with Crippen LogP contribution in [0, 0.1) is 12.8 Å². The van der Waals surface area contributed by atoms with E-state index in [1.54, 1.807) is 0 Å². The highest BCUT2D eigenvalue weighted by atomic mass is 32.1. The van der Waals surface area contributed by atoms with E-state index in [2.05, 4.69) is 108 Å². The minimum absolute atomic E-state index is 0.0369. The molecular formula is C34H33NOS. The van der Waals surface area contributed by atoms with Gasteiger partial charge in [-0.05, 0) is 89.0 Å². The molecule has 0 spiro atoms. The average molecular weight is 504 g/mol. The van der Waals surface area contributed by atoms with Gasteiger partial charge in [-0.2, -0.15) is 0 Å². The average Bonchev–Trinajstić information content (AvgIpc) is 3.43. The molecule has 0 aliphatic heterocycles. The molecule has 0 bridgehead atoms. The summed E-state index contributed by atoms with van der Waals surface area (Å²) in [5, 5.41) is 5.03. The molecule has 0 radical (unpaired) electrons. The van der Waals surface area contributed by atoms with Crippen LogP contribution < -0.4 is 0 Å². The fraction of sp³-hybridized carbons (Fsp3) is 0.265. The minimum atomic E-state index is 0.0369. The third-order valence-electron chi connectivity index (χ3n) is 7.28. The number of hydrogen-bond acceptors (Lipinski definition) is 3. The topological polar surface area (TPSA) is 26.0 Å². The van der Waals surface area contributed by atoms with Crippen LogP contribution >= 0.6 is 11.3 Å². The van der Waals surface area contributed by atoms with Crippen molar-refractivity contribution >= 4 is 43.2 Å². The number of fused-ring (bicyclic) bond motifs is 3. The first-order valence-corrected chi connectivity index (χ1v) is 14.0. The van der Waals surface area contributed by atoms with Gasteiger partial charge in [0, 0.05) is 37.7 Å². The number of benzene rings is 3. The van der Waals surface area contributed by atoms with E-state index in [0.29, 0.717) is 5.92 Å². The summed E-state index contributed by atoms with van der Waals surface area (Å²) in [4.78, 5) is 6.17. The molecule has 6 aromatic rings. The first-order chi connectivity index (χ1) is 17.7. The van der Waals surface area contributed by atoms with Crippen LogP contribution in [0.25, 0.3) is 53.5 Å². The van der Waals surface area contributed by atoms with Crippen LogP contribution in [0.15, 0.2) is 77.3 Å². The monoisotopic (exact) mass is 503 g/mol. The predicted octanol–water partition coefficient (Wildman–Crippen LogP) is 10.3. The fourth-order valence-corrected chi connectivity index (χ4v) is 6.54.